The first-order valence-corrected chi connectivity index (χ1v) is 6.77. The van der Waals surface area contributed by atoms with Gasteiger partial charge in [-0.15, -0.1) is 12.4 Å². The first-order chi connectivity index (χ1) is 9.14. The second-order valence-electron chi connectivity index (χ2n) is 5.42. The van der Waals surface area contributed by atoms with E-state index in [0.717, 1.165) is 18.4 Å². The second kappa shape index (κ2) is 7.62. The molecule has 1 saturated carbocycles. The quantitative estimate of drug-likeness (QED) is 0.808. The molecular formula is C15H23ClN2O2. The van der Waals surface area contributed by atoms with Crippen molar-refractivity contribution in [3.05, 3.63) is 35.9 Å². The summed E-state index contributed by atoms with van der Waals surface area (Å²) in [5, 5.41) is 3.00. The number of hydrogen-bond donors (Lipinski definition) is 2. The number of carbonyl (C=O) groups is 1. The molecule has 0 aliphatic heterocycles. The largest absolute Gasteiger partial charge is 0.367 e. The number of nitrogens with one attached hydrogen (secondary N) is 1. The lowest BCUT2D eigenvalue weighted by Gasteiger charge is -2.29. The van der Waals surface area contributed by atoms with E-state index in [1.807, 2.05) is 37.3 Å². The first-order valence-electron chi connectivity index (χ1n) is 6.77. The molecular weight excluding hydrogens is 276 g/mol. The molecule has 1 aromatic rings. The Morgan fingerprint density at radius 1 is 1.40 bits per heavy atom. The summed E-state index contributed by atoms with van der Waals surface area (Å²) >= 11 is 0. The second-order valence-corrected chi connectivity index (χ2v) is 5.42. The molecule has 0 heterocycles. The van der Waals surface area contributed by atoms with Crippen molar-refractivity contribution in [3.8, 4) is 0 Å². The smallest absolute Gasteiger partial charge is 0.246 e. The highest BCUT2D eigenvalue weighted by Crippen LogP contribution is 2.38. The molecule has 1 fully saturated rings. The Labute approximate surface area is 126 Å². The van der Waals surface area contributed by atoms with Gasteiger partial charge in [-0.25, -0.2) is 0 Å². The van der Waals surface area contributed by atoms with Crippen molar-refractivity contribution in [1.82, 2.24) is 5.32 Å². The van der Waals surface area contributed by atoms with Crippen LogP contribution in [0.25, 0.3) is 0 Å². The molecule has 1 amide bonds. The van der Waals surface area contributed by atoms with Crippen LogP contribution in [0, 0.1) is 5.92 Å². The van der Waals surface area contributed by atoms with Crippen molar-refractivity contribution in [2.24, 2.45) is 11.7 Å². The van der Waals surface area contributed by atoms with Crippen LogP contribution in [0.4, 0.5) is 0 Å². The molecule has 112 valence electrons. The van der Waals surface area contributed by atoms with Crippen molar-refractivity contribution in [1.29, 1.82) is 0 Å². The fraction of sp³-hybridized carbons (Fsp3) is 0.533. The maximum atomic E-state index is 11.8. The minimum Gasteiger partial charge on any atom is -0.367 e. The van der Waals surface area contributed by atoms with Crippen LogP contribution in [0.1, 0.15) is 25.3 Å². The maximum Gasteiger partial charge on any atom is 0.246 e. The number of amides is 1. The fourth-order valence-corrected chi connectivity index (χ4v) is 2.23. The summed E-state index contributed by atoms with van der Waals surface area (Å²) in [7, 11) is 0. The van der Waals surface area contributed by atoms with Crippen LogP contribution in [0.15, 0.2) is 30.3 Å². The van der Waals surface area contributed by atoms with E-state index >= 15 is 0 Å². The summed E-state index contributed by atoms with van der Waals surface area (Å²) in [5.41, 5.74) is 6.56. The lowest BCUT2D eigenvalue weighted by atomic mass is 9.96. The molecule has 4 nitrogen and oxygen atoms in total. The summed E-state index contributed by atoms with van der Waals surface area (Å²) in [6.07, 6.45) is 2.30. The monoisotopic (exact) mass is 298 g/mol. The molecule has 0 radical (unpaired) electrons. The number of hydrogen-bond acceptors (Lipinski definition) is 3. The van der Waals surface area contributed by atoms with Crippen molar-refractivity contribution < 1.29 is 9.53 Å². The molecule has 1 aromatic carbocycles. The summed E-state index contributed by atoms with van der Waals surface area (Å²) in [5.74, 6) is 0.436. The van der Waals surface area contributed by atoms with Crippen molar-refractivity contribution >= 4 is 18.3 Å². The Morgan fingerprint density at radius 2 is 2.05 bits per heavy atom. The van der Waals surface area contributed by atoms with E-state index in [1.54, 1.807) is 0 Å². The lowest BCUT2D eigenvalue weighted by Crippen LogP contribution is -2.54. The third-order valence-electron chi connectivity index (χ3n) is 3.67. The van der Waals surface area contributed by atoms with Gasteiger partial charge < -0.3 is 15.8 Å². The number of nitrogens with two attached hydrogens (primary N) is 1. The van der Waals surface area contributed by atoms with Crippen LogP contribution < -0.4 is 11.1 Å². The number of ether oxygens (including phenoxy) is 1. The summed E-state index contributed by atoms with van der Waals surface area (Å²) in [6, 6.07) is 9.82. The van der Waals surface area contributed by atoms with Crippen molar-refractivity contribution in [3.63, 3.8) is 0 Å². The van der Waals surface area contributed by atoms with Crippen molar-refractivity contribution in [2.45, 2.75) is 31.9 Å². The molecule has 0 aromatic heterocycles. The average Bonchev–Trinajstić information content (AvgIpc) is 3.24. The Balaban J connectivity index is 0.00000200. The number of halogens is 1. The fourth-order valence-electron chi connectivity index (χ4n) is 2.23. The van der Waals surface area contributed by atoms with Crippen LogP contribution >= 0.6 is 12.4 Å². The van der Waals surface area contributed by atoms with Crippen LogP contribution in [0.5, 0.6) is 0 Å². The summed E-state index contributed by atoms with van der Waals surface area (Å²) < 4.78 is 5.42. The predicted octanol–water partition coefficient (Wildman–Crippen LogP) is 1.87. The molecule has 5 heteroatoms. The highest BCUT2D eigenvalue weighted by Gasteiger charge is 2.41. The van der Waals surface area contributed by atoms with Crippen LogP contribution in [-0.4, -0.2) is 24.6 Å². The van der Waals surface area contributed by atoms with Crippen LogP contribution in [0.3, 0.4) is 0 Å². The SMILES string of the molecule is CC(CN)(NC(=O)COCc1ccccc1)C1CC1.Cl. The zero-order valence-corrected chi connectivity index (χ0v) is 12.6. The summed E-state index contributed by atoms with van der Waals surface area (Å²) in [6.45, 7) is 3.02. The molecule has 20 heavy (non-hydrogen) atoms. The molecule has 0 spiro atoms. The topological polar surface area (TPSA) is 64.3 Å². The molecule has 1 aliphatic rings. The standard InChI is InChI=1S/C15H22N2O2.ClH/c1-15(11-16,13-7-8-13)17-14(18)10-19-9-12-5-3-2-4-6-12;/h2-6,13H,7-11,16H2,1H3,(H,17,18);1H. The number of carbonyl (C=O) groups excluding carboxylic acids is 1. The Morgan fingerprint density at radius 3 is 2.60 bits per heavy atom. The van der Waals surface area contributed by atoms with Gasteiger partial charge in [0, 0.05) is 6.54 Å². The summed E-state index contributed by atoms with van der Waals surface area (Å²) in [4.78, 5) is 11.8. The van der Waals surface area contributed by atoms with Crippen molar-refractivity contribution in [2.75, 3.05) is 13.2 Å². The average molecular weight is 299 g/mol. The number of benzene rings is 1. The molecule has 2 rings (SSSR count). The van der Waals surface area contributed by atoms with E-state index in [-0.39, 0.29) is 30.5 Å². The molecule has 0 bridgehead atoms. The highest BCUT2D eigenvalue weighted by atomic mass is 35.5. The maximum absolute atomic E-state index is 11.8. The van der Waals surface area contributed by atoms with Gasteiger partial charge in [-0.2, -0.15) is 0 Å². The minimum atomic E-state index is -0.271. The van der Waals surface area contributed by atoms with Gasteiger partial charge in [0.2, 0.25) is 5.91 Å². The number of rotatable bonds is 7. The minimum absolute atomic E-state index is 0. The van der Waals surface area contributed by atoms with E-state index < -0.39 is 0 Å². The highest BCUT2D eigenvalue weighted by molar-refractivity contribution is 5.85. The normalized spacial score (nSPS) is 16.9. The van der Waals surface area contributed by atoms with E-state index in [0.29, 0.717) is 19.1 Å². The third-order valence-corrected chi connectivity index (χ3v) is 3.67. The first kappa shape index (κ1) is 17.0. The Hall–Kier alpha value is -1.10. The lowest BCUT2D eigenvalue weighted by molar-refractivity contribution is -0.128. The van der Waals surface area contributed by atoms with Gasteiger partial charge in [-0.3, -0.25) is 4.79 Å². The van der Waals surface area contributed by atoms with Crippen LogP contribution in [0.2, 0.25) is 0 Å². The zero-order valence-electron chi connectivity index (χ0n) is 11.8. The van der Waals surface area contributed by atoms with Gasteiger partial charge in [0.25, 0.3) is 0 Å². The molecule has 1 aliphatic carbocycles. The van der Waals surface area contributed by atoms with E-state index in [9.17, 15) is 4.79 Å². The van der Waals surface area contributed by atoms with E-state index in [2.05, 4.69) is 5.32 Å². The van der Waals surface area contributed by atoms with Gasteiger partial charge >= 0.3 is 0 Å². The molecule has 0 saturated heterocycles. The molecule has 3 N–H and O–H groups in total. The van der Waals surface area contributed by atoms with Gasteiger partial charge in [0.05, 0.1) is 12.1 Å². The van der Waals surface area contributed by atoms with Gasteiger partial charge in [-0.05, 0) is 31.2 Å². The Bertz CT molecular complexity index is 423. The Kier molecular flexibility index (Phi) is 6.46. The molecule has 1 atom stereocenters. The van der Waals surface area contributed by atoms with Gasteiger partial charge in [0.15, 0.2) is 0 Å². The van der Waals surface area contributed by atoms with E-state index in [4.69, 9.17) is 10.5 Å². The van der Waals surface area contributed by atoms with Gasteiger partial charge in [-0.1, -0.05) is 30.3 Å². The van der Waals surface area contributed by atoms with Crippen LogP contribution in [-0.2, 0) is 16.1 Å². The predicted molar refractivity (Wildman–Crippen MR) is 81.7 cm³/mol. The van der Waals surface area contributed by atoms with E-state index in [1.165, 1.54) is 0 Å². The zero-order chi connectivity index (χ0) is 13.7. The van der Waals surface area contributed by atoms with Gasteiger partial charge in [0.1, 0.15) is 6.61 Å². The third kappa shape index (κ3) is 4.78. The molecule has 1 unspecified atom stereocenters.